The van der Waals surface area contributed by atoms with Gasteiger partial charge in [-0.25, -0.2) is 4.98 Å². The van der Waals surface area contributed by atoms with Crippen LogP contribution < -0.4 is 5.32 Å². The Morgan fingerprint density at radius 2 is 1.89 bits per heavy atom. The third-order valence-corrected chi connectivity index (χ3v) is 2.45. The van der Waals surface area contributed by atoms with E-state index >= 15 is 0 Å². The van der Waals surface area contributed by atoms with E-state index in [-0.39, 0.29) is 0 Å². The van der Waals surface area contributed by atoms with Crippen LogP contribution in [-0.4, -0.2) is 16.1 Å². The highest BCUT2D eigenvalue weighted by Gasteiger charge is 2.30. The third-order valence-electron chi connectivity index (χ3n) is 2.45. The molecule has 1 heterocycles. The van der Waals surface area contributed by atoms with Crippen molar-refractivity contribution in [2.75, 3.05) is 11.9 Å². The van der Waals surface area contributed by atoms with Gasteiger partial charge < -0.3 is 5.32 Å². The molecular weight excluding hydrogens is 243 g/mol. The fourth-order valence-corrected chi connectivity index (χ4v) is 1.61. The number of halogens is 3. The average molecular weight is 255 g/mol. The molecule has 6 heteroatoms. The first kappa shape index (κ1) is 12.5. The second kappa shape index (κ2) is 4.72. The van der Waals surface area contributed by atoms with Crippen molar-refractivity contribution in [1.29, 1.82) is 0 Å². The van der Waals surface area contributed by atoms with Gasteiger partial charge in [-0.15, -0.1) is 0 Å². The van der Waals surface area contributed by atoms with E-state index in [9.17, 15) is 13.2 Å². The van der Waals surface area contributed by atoms with E-state index in [1.54, 1.807) is 17.0 Å². The Morgan fingerprint density at radius 1 is 1.22 bits per heavy atom. The van der Waals surface area contributed by atoms with Gasteiger partial charge in [0.25, 0.3) is 0 Å². The summed E-state index contributed by atoms with van der Waals surface area (Å²) < 4.78 is 39.0. The molecule has 0 fully saturated rings. The Morgan fingerprint density at radius 3 is 2.44 bits per heavy atom. The maximum Gasteiger partial charge on any atom is 0.416 e. The lowest BCUT2D eigenvalue weighted by atomic mass is 10.2. The number of nitrogens with zero attached hydrogens (tertiary/aromatic N) is 2. The predicted octanol–water partition coefficient (Wildman–Crippen LogP) is 3.32. The molecular formula is C12H12F3N3. The molecule has 0 spiro atoms. The molecule has 0 unspecified atom stereocenters. The van der Waals surface area contributed by atoms with Crippen molar-refractivity contribution < 1.29 is 13.2 Å². The highest BCUT2D eigenvalue weighted by molar-refractivity contribution is 5.43. The van der Waals surface area contributed by atoms with E-state index in [1.807, 2.05) is 6.92 Å². The smallest absolute Gasteiger partial charge is 0.356 e. The maximum absolute atomic E-state index is 12.4. The molecule has 2 aromatic rings. The first-order valence-corrected chi connectivity index (χ1v) is 5.47. The van der Waals surface area contributed by atoms with Gasteiger partial charge in [0.15, 0.2) is 0 Å². The lowest BCUT2D eigenvalue weighted by molar-refractivity contribution is -0.137. The quantitative estimate of drug-likeness (QED) is 0.911. The first-order chi connectivity index (χ1) is 8.52. The highest BCUT2D eigenvalue weighted by atomic mass is 19.4. The van der Waals surface area contributed by atoms with Crippen molar-refractivity contribution in [3.63, 3.8) is 0 Å². The molecule has 96 valence electrons. The fraction of sp³-hybridized carbons (Fsp3) is 0.250. The minimum absolute atomic E-state index is 0.609. The number of hydrogen-bond donors (Lipinski definition) is 1. The van der Waals surface area contributed by atoms with Gasteiger partial charge in [0, 0.05) is 24.6 Å². The van der Waals surface area contributed by atoms with Gasteiger partial charge in [-0.2, -0.15) is 13.2 Å². The van der Waals surface area contributed by atoms with Crippen LogP contribution in [0.5, 0.6) is 0 Å². The van der Waals surface area contributed by atoms with Gasteiger partial charge in [0.2, 0.25) is 5.95 Å². The number of aromatic nitrogens is 2. The minimum Gasteiger partial charge on any atom is -0.356 e. The number of rotatable bonds is 3. The van der Waals surface area contributed by atoms with Gasteiger partial charge >= 0.3 is 6.18 Å². The monoisotopic (exact) mass is 255 g/mol. The average Bonchev–Trinajstić information content (AvgIpc) is 2.77. The Balaban J connectivity index is 2.32. The number of alkyl halides is 3. The van der Waals surface area contributed by atoms with E-state index in [0.717, 1.165) is 12.1 Å². The summed E-state index contributed by atoms with van der Waals surface area (Å²) in [5, 5.41) is 3.03. The van der Waals surface area contributed by atoms with Crippen LogP contribution in [0.4, 0.5) is 19.1 Å². The molecule has 2 rings (SSSR count). The topological polar surface area (TPSA) is 29.9 Å². The van der Waals surface area contributed by atoms with Crippen LogP contribution >= 0.6 is 0 Å². The molecule has 1 aromatic heterocycles. The van der Waals surface area contributed by atoms with Crippen LogP contribution in [0.3, 0.4) is 0 Å². The third kappa shape index (κ3) is 2.47. The second-order valence-corrected chi connectivity index (χ2v) is 3.70. The number of benzene rings is 1. The molecule has 0 aliphatic carbocycles. The summed E-state index contributed by atoms with van der Waals surface area (Å²) in [5.41, 5.74) is -0.0205. The first-order valence-electron chi connectivity index (χ1n) is 5.47. The normalized spacial score (nSPS) is 11.6. The van der Waals surface area contributed by atoms with Crippen LogP contribution in [0.25, 0.3) is 5.69 Å². The lowest BCUT2D eigenvalue weighted by Gasteiger charge is -2.10. The van der Waals surface area contributed by atoms with Crippen LogP contribution in [-0.2, 0) is 6.18 Å². The van der Waals surface area contributed by atoms with Crippen molar-refractivity contribution in [1.82, 2.24) is 9.55 Å². The molecule has 0 amide bonds. The summed E-state index contributed by atoms with van der Waals surface area (Å²) >= 11 is 0. The zero-order valence-corrected chi connectivity index (χ0v) is 9.70. The lowest BCUT2D eigenvalue weighted by Crippen LogP contribution is -2.07. The van der Waals surface area contributed by atoms with Crippen molar-refractivity contribution in [3.05, 3.63) is 42.2 Å². The van der Waals surface area contributed by atoms with E-state index in [0.29, 0.717) is 18.2 Å². The summed E-state index contributed by atoms with van der Waals surface area (Å²) in [5.74, 6) is 0.609. The van der Waals surface area contributed by atoms with E-state index in [4.69, 9.17) is 0 Å². The Bertz CT molecular complexity index is 514. The van der Waals surface area contributed by atoms with Gasteiger partial charge in [-0.05, 0) is 31.2 Å². The fourth-order valence-electron chi connectivity index (χ4n) is 1.61. The summed E-state index contributed by atoms with van der Waals surface area (Å²) in [6.45, 7) is 2.61. The molecule has 0 saturated heterocycles. The number of imidazole rings is 1. The molecule has 0 atom stereocenters. The highest BCUT2D eigenvalue weighted by Crippen LogP contribution is 2.29. The van der Waals surface area contributed by atoms with Crippen LogP contribution in [0.2, 0.25) is 0 Å². The van der Waals surface area contributed by atoms with Crippen molar-refractivity contribution in [2.24, 2.45) is 0 Å². The Hall–Kier alpha value is -1.98. The molecule has 0 aliphatic heterocycles. The number of nitrogens with one attached hydrogen (secondary N) is 1. The Kier molecular flexibility index (Phi) is 3.27. The second-order valence-electron chi connectivity index (χ2n) is 3.70. The van der Waals surface area contributed by atoms with Gasteiger partial charge in [0.05, 0.1) is 5.56 Å². The number of anilines is 1. The SMILES string of the molecule is CCNc1nccn1-c1ccc(C(F)(F)F)cc1. The molecule has 18 heavy (non-hydrogen) atoms. The molecule has 0 radical (unpaired) electrons. The molecule has 0 bridgehead atoms. The largest absolute Gasteiger partial charge is 0.416 e. The molecule has 1 aromatic carbocycles. The minimum atomic E-state index is -4.31. The predicted molar refractivity (Wildman–Crippen MR) is 62.7 cm³/mol. The molecule has 3 nitrogen and oxygen atoms in total. The Labute approximate surface area is 102 Å². The number of hydrogen-bond acceptors (Lipinski definition) is 2. The molecule has 0 aliphatic rings. The van der Waals surface area contributed by atoms with E-state index < -0.39 is 11.7 Å². The zero-order valence-electron chi connectivity index (χ0n) is 9.70. The van der Waals surface area contributed by atoms with Crippen LogP contribution in [0, 0.1) is 0 Å². The van der Waals surface area contributed by atoms with Gasteiger partial charge in [-0.3, -0.25) is 4.57 Å². The summed E-state index contributed by atoms with van der Waals surface area (Å²) in [7, 11) is 0. The summed E-state index contributed by atoms with van der Waals surface area (Å²) in [6.07, 6.45) is -1.02. The summed E-state index contributed by atoms with van der Waals surface area (Å²) in [4.78, 5) is 4.08. The van der Waals surface area contributed by atoms with Crippen molar-refractivity contribution in [2.45, 2.75) is 13.1 Å². The molecule has 1 N–H and O–H groups in total. The molecule has 0 saturated carbocycles. The standard InChI is InChI=1S/C12H12F3N3/c1-2-16-11-17-7-8-18(11)10-5-3-9(4-6-10)12(13,14)15/h3-8H,2H2,1H3,(H,16,17). The summed E-state index contributed by atoms with van der Waals surface area (Å²) in [6, 6.07) is 4.97. The van der Waals surface area contributed by atoms with E-state index in [2.05, 4.69) is 10.3 Å². The van der Waals surface area contributed by atoms with Gasteiger partial charge in [0.1, 0.15) is 0 Å². The maximum atomic E-state index is 12.4. The van der Waals surface area contributed by atoms with Gasteiger partial charge in [-0.1, -0.05) is 0 Å². The van der Waals surface area contributed by atoms with Crippen LogP contribution in [0.15, 0.2) is 36.7 Å². The van der Waals surface area contributed by atoms with Crippen LogP contribution in [0.1, 0.15) is 12.5 Å². The van der Waals surface area contributed by atoms with E-state index in [1.165, 1.54) is 12.1 Å². The van der Waals surface area contributed by atoms with Crippen molar-refractivity contribution >= 4 is 5.95 Å². The zero-order chi connectivity index (χ0) is 13.2. The van der Waals surface area contributed by atoms with Crippen molar-refractivity contribution in [3.8, 4) is 5.69 Å².